The average Bonchev–Trinajstić information content (AvgIpc) is 2.77. The second-order valence-corrected chi connectivity index (χ2v) is 7.31. The third-order valence-corrected chi connectivity index (χ3v) is 6.46. The number of nitrogens with one attached hydrogen (secondary N) is 1. The van der Waals surface area contributed by atoms with Gasteiger partial charge in [0.25, 0.3) is 0 Å². The zero-order chi connectivity index (χ0) is 10.6. The van der Waals surface area contributed by atoms with Crippen LogP contribution in [-0.4, -0.2) is 35.1 Å². The molecule has 1 N–H and O–H groups in total. The maximum atomic E-state index is 3.81. The van der Waals surface area contributed by atoms with Crippen molar-refractivity contribution in [3.63, 3.8) is 0 Å². The largest absolute Gasteiger partial charge is 0.312 e. The highest BCUT2D eigenvalue weighted by Gasteiger charge is 2.33. The summed E-state index contributed by atoms with van der Waals surface area (Å²) in [4.78, 5) is 0. The van der Waals surface area contributed by atoms with Gasteiger partial charge in [-0.05, 0) is 37.7 Å². The quantitative estimate of drug-likeness (QED) is 0.817. The summed E-state index contributed by atoms with van der Waals surface area (Å²) in [5.41, 5.74) is 0. The van der Waals surface area contributed by atoms with E-state index >= 15 is 0 Å². The van der Waals surface area contributed by atoms with E-state index in [9.17, 15) is 0 Å². The number of thioether (sulfide) groups is 2. The lowest BCUT2D eigenvalue weighted by Gasteiger charge is -2.31. The van der Waals surface area contributed by atoms with E-state index in [0.717, 1.165) is 6.04 Å². The first-order valence-corrected chi connectivity index (χ1v) is 8.59. The fourth-order valence-electron chi connectivity index (χ4n) is 2.70. The van der Waals surface area contributed by atoms with Crippen molar-refractivity contribution in [2.45, 2.75) is 49.3 Å². The minimum Gasteiger partial charge on any atom is -0.312 e. The molecule has 3 heteroatoms. The van der Waals surface area contributed by atoms with Crippen LogP contribution in [0.15, 0.2) is 0 Å². The van der Waals surface area contributed by atoms with E-state index in [2.05, 4.69) is 35.1 Å². The number of hydrogen-bond acceptors (Lipinski definition) is 3. The first-order valence-electron chi connectivity index (χ1n) is 6.21. The van der Waals surface area contributed by atoms with Gasteiger partial charge in [-0.2, -0.15) is 23.5 Å². The summed E-state index contributed by atoms with van der Waals surface area (Å²) in [5.74, 6) is 2.72. The van der Waals surface area contributed by atoms with Crippen LogP contribution >= 0.6 is 23.5 Å². The topological polar surface area (TPSA) is 12.0 Å². The third kappa shape index (κ3) is 3.31. The second kappa shape index (κ2) is 5.83. The standard InChI is InChI=1S/C12H23NS2/c1-14-12(6-2-3-7-12)10-13-11-5-4-8-15-9-11/h11,13H,2-10H2,1H3. The molecule has 0 aromatic heterocycles. The second-order valence-electron chi connectivity index (χ2n) is 4.89. The van der Waals surface area contributed by atoms with Crippen LogP contribution in [0.25, 0.3) is 0 Å². The average molecular weight is 245 g/mol. The van der Waals surface area contributed by atoms with Crippen LogP contribution in [0.1, 0.15) is 38.5 Å². The molecule has 1 saturated carbocycles. The normalized spacial score (nSPS) is 30.6. The van der Waals surface area contributed by atoms with Gasteiger partial charge in [0.1, 0.15) is 0 Å². The molecule has 1 saturated heterocycles. The Morgan fingerprint density at radius 3 is 2.73 bits per heavy atom. The highest BCUT2D eigenvalue weighted by Crippen LogP contribution is 2.39. The van der Waals surface area contributed by atoms with Crippen molar-refractivity contribution in [1.29, 1.82) is 0 Å². The highest BCUT2D eigenvalue weighted by molar-refractivity contribution is 8.00. The molecule has 2 aliphatic rings. The van der Waals surface area contributed by atoms with Gasteiger partial charge in [0, 0.05) is 23.1 Å². The molecular formula is C12H23NS2. The Morgan fingerprint density at radius 2 is 2.13 bits per heavy atom. The molecule has 1 heterocycles. The van der Waals surface area contributed by atoms with Crippen LogP contribution in [0.5, 0.6) is 0 Å². The summed E-state index contributed by atoms with van der Waals surface area (Å²) in [5, 5.41) is 3.81. The Bertz CT molecular complexity index is 184. The molecule has 0 aromatic carbocycles. The minimum atomic E-state index is 0.585. The smallest absolute Gasteiger partial charge is 0.0281 e. The summed E-state index contributed by atoms with van der Waals surface area (Å²) in [6.45, 7) is 1.25. The van der Waals surface area contributed by atoms with Crippen molar-refractivity contribution < 1.29 is 0 Å². The minimum absolute atomic E-state index is 0.585. The fourth-order valence-corrected chi connectivity index (χ4v) is 4.74. The van der Waals surface area contributed by atoms with Gasteiger partial charge in [-0.1, -0.05) is 12.8 Å². The fraction of sp³-hybridized carbons (Fsp3) is 1.00. The van der Waals surface area contributed by atoms with Crippen LogP contribution in [0.4, 0.5) is 0 Å². The first-order chi connectivity index (χ1) is 7.35. The Balaban J connectivity index is 1.75. The van der Waals surface area contributed by atoms with E-state index in [4.69, 9.17) is 0 Å². The van der Waals surface area contributed by atoms with Crippen molar-refractivity contribution in [2.24, 2.45) is 0 Å². The molecule has 1 unspecified atom stereocenters. The van der Waals surface area contributed by atoms with E-state index in [1.807, 2.05) is 0 Å². The van der Waals surface area contributed by atoms with Gasteiger partial charge in [-0.3, -0.25) is 0 Å². The van der Waals surface area contributed by atoms with Crippen LogP contribution in [0.2, 0.25) is 0 Å². The predicted molar refractivity (Wildman–Crippen MR) is 73.1 cm³/mol. The van der Waals surface area contributed by atoms with Gasteiger partial charge < -0.3 is 5.32 Å². The Hall–Kier alpha value is 0.660. The summed E-state index contributed by atoms with van der Waals surface area (Å²) in [6, 6.07) is 0.799. The molecule has 2 fully saturated rings. The molecule has 0 aromatic rings. The monoisotopic (exact) mass is 245 g/mol. The lowest BCUT2D eigenvalue weighted by atomic mass is 10.1. The summed E-state index contributed by atoms with van der Waals surface area (Å²) in [6.07, 6.45) is 10.9. The van der Waals surface area contributed by atoms with E-state index < -0.39 is 0 Å². The third-order valence-electron chi connectivity index (χ3n) is 3.82. The molecule has 1 aliphatic heterocycles. The lowest BCUT2D eigenvalue weighted by Crippen LogP contribution is -2.42. The molecular weight excluding hydrogens is 222 g/mol. The van der Waals surface area contributed by atoms with E-state index in [0.29, 0.717) is 4.75 Å². The zero-order valence-electron chi connectivity index (χ0n) is 9.76. The molecule has 88 valence electrons. The van der Waals surface area contributed by atoms with Gasteiger partial charge in [0.15, 0.2) is 0 Å². The molecule has 0 spiro atoms. The van der Waals surface area contributed by atoms with Crippen molar-refractivity contribution in [2.75, 3.05) is 24.3 Å². The summed E-state index contributed by atoms with van der Waals surface area (Å²) in [7, 11) is 0. The van der Waals surface area contributed by atoms with Gasteiger partial charge in [-0.15, -0.1) is 0 Å². The summed E-state index contributed by atoms with van der Waals surface area (Å²) >= 11 is 4.22. The van der Waals surface area contributed by atoms with Gasteiger partial charge in [0.2, 0.25) is 0 Å². The maximum Gasteiger partial charge on any atom is 0.0281 e. The lowest BCUT2D eigenvalue weighted by molar-refractivity contribution is 0.455. The van der Waals surface area contributed by atoms with Gasteiger partial charge in [-0.25, -0.2) is 0 Å². The molecule has 0 radical (unpaired) electrons. The van der Waals surface area contributed by atoms with Crippen molar-refractivity contribution in [1.82, 2.24) is 5.32 Å². The van der Waals surface area contributed by atoms with E-state index in [1.54, 1.807) is 0 Å². The zero-order valence-corrected chi connectivity index (χ0v) is 11.4. The predicted octanol–water partition coefficient (Wildman–Crippen LogP) is 3.15. The van der Waals surface area contributed by atoms with Crippen molar-refractivity contribution in [3.05, 3.63) is 0 Å². The Kier molecular flexibility index (Phi) is 4.71. The molecule has 0 bridgehead atoms. The van der Waals surface area contributed by atoms with Crippen molar-refractivity contribution in [3.8, 4) is 0 Å². The van der Waals surface area contributed by atoms with Crippen LogP contribution in [-0.2, 0) is 0 Å². The summed E-state index contributed by atoms with van der Waals surface area (Å²) < 4.78 is 0.585. The van der Waals surface area contributed by atoms with Crippen LogP contribution in [0, 0.1) is 0 Å². The van der Waals surface area contributed by atoms with Crippen molar-refractivity contribution >= 4 is 23.5 Å². The Labute approximate surface area is 103 Å². The highest BCUT2D eigenvalue weighted by atomic mass is 32.2. The van der Waals surface area contributed by atoms with Crippen LogP contribution in [0.3, 0.4) is 0 Å². The Morgan fingerprint density at radius 1 is 1.33 bits per heavy atom. The molecule has 1 atom stereocenters. The number of rotatable bonds is 4. The van der Waals surface area contributed by atoms with E-state index in [1.165, 1.54) is 56.6 Å². The molecule has 1 nitrogen and oxygen atoms in total. The van der Waals surface area contributed by atoms with Gasteiger partial charge >= 0.3 is 0 Å². The molecule has 15 heavy (non-hydrogen) atoms. The number of hydrogen-bond donors (Lipinski definition) is 1. The molecule has 0 amide bonds. The maximum absolute atomic E-state index is 3.81. The van der Waals surface area contributed by atoms with E-state index in [-0.39, 0.29) is 0 Å². The molecule has 1 aliphatic carbocycles. The van der Waals surface area contributed by atoms with Gasteiger partial charge in [0.05, 0.1) is 0 Å². The van der Waals surface area contributed by atoms with Crippen LogP contribution < -0.4 is 5.32 Å². The SMILES string of the molecule is CSC1(CNC2CCCSC2)CCCC1. The molecule has 2 rings (SSSR count). The first kappa shape index (κ1) is 12.1.